The van der Waals surface area contributed by atoms with E-state index in [1.165, 1.54) is 6.08 Å². The molecule has 0 atom stereocenters. The van der Waals surface area contributed by atoms with Gasteiger partial charge in [0, 0.05) is 0 Å². The molecule has 0 aromatic heterocycles. The van der Waals surface area contributed by atoms with Crippen LogP contribution in [0.2, 0.25) is 0 Å². The molecule has 0 N–H and O–H groups in total. The van der Waals surface area contributed by atoms with Crippen LogP contribution in [-0.2, 0) is 23.6 Å². The summed E-state index contributed by atoms with van der Waals surface area (Å²) in [6.07, 6.45) is 3.28. The first-order valence-corrected chi connectivity index (χ1v) is 6.07. The van der Waals surface area contributed by atoms with Gasteiger partial charge < -0.3 is 4.18 Å². The van der Waals surface area contributed by atoms with E-state index in [1.807, 2.05) is 6.92 Å². The third-order valence-electron chi connectivity index (χ3n) is 1.47. The van der Waals surface area contributed by atoms with Crippen molar-refractivity contribution in [2.24, 2.45) is 0 Å². The van der Waals surface area contributed by atoms with Gasteiger partial charge in [0.2, 0.25) is 0 Å². The monoisotopic (exact) mass is 236 g/mol. The largest absolute Gasteiger partial charge is 0.451 e. The summed E-state index contributed by atoms with van der Waals surface area (Å²) in [7, 11) is -4.17. The number of carbonyl (C=O) groups excluding carboxylic acids is 1. The highest BCUT2D eigenvalue weighted by atomic mass is 32.3. The highest BCUT2D eigenvalue weighted by Gasteiger charge is 2.16. The van der Waals surface area contributed by atoms with E-state index in [9.17, 15) is 13.2 Å². The average Bonchev–Trinajstić information content (AvgIpc) is 2.14. The fourth-order valence-corrected chi connectivity index (χ4v) is 1.39. The molecule has 15 heavy (non-hydrogen) atoms. The van der Waals surface area contributed by atoms with Crippen molar-refractivity contribution in [3.8, 4) is 0 Å². The predicted octanol–water partition coefficient (Wildman–Crippen LogP) is 1.56. The highest BCUT2D eigenvalue weighted by molar-refractivity contribution is 7.82. The molecular weight excluding hydrogens is 220 g/mol. The fourth-order valence-electron chi connectivity index (χ4n) is 0.705. The quantitative estimate of drug-likeness (QED) is 0.472. The van der Waals surface area contributed by atoms with Gasteiger partial charge in [-0.05, 0) is 12.8 Å². The van der Waals surface area contributed by atoms with Crippen LogP contribution < -0.4 is 0 Å². The molecule has 0 rings (SSSR count). The summed E-state index contributed by atoms with van der Waals surface area (Å²) in [5, 5.41) is 0. The van der Waals surface area contributed by atoms with Crippen molar-refractivity contribution in [2.45, 2.75) is 32.6 Å². The molecule has 0 aromatic rings. The molecule has 5 nitrogen and oxygen atoms in total. The second-order valence-corrected chi connectivity index (χ2v) is 4.09. The summed E-state index contributed by atoms with van der Waals surface area (Å²) >= 11 is 0. The van der Waals surface area contributed by atoms with Crippen molar-refractivity contribution >= 4 is 16.4 Å². The number of hydrogen-bond donors (Lipinski definition) is 0. The number of hydrogen-bond acceptors (Lipinski definition) is 5. The lowest BCUT2D eigenvalue weighted by molar-refractivity contribution is -0.134. The third-order valence-corrected chi connectivity index (χ3v) is 2.32. The molecule has 0 unspecified atom stereocenters. The Balaban J connectivity index is 3.91. The third kappa shape index (κ3) is 8.14. The second kappa shape index (κ2) is 7.42. The SMILES string of the molecule is C=CCCC(=O)OS(=O)(=O)OCCCC. The van der Waals surface area contributed by atoms with E-state index in [0.29, 0.717) is 12.8 Å². The van der Waals surface area contributed by atoms with E-state index >= 15 is 0 Å². The first-order chi connectivity index (χ1) is 7.02. The van der Waals surface area contributed by atoms with Gasteiger partial charge in [-0.3, -0.25) is 4.79 Å². The van der Waals surface area contributed by atoms with Crippen LogP contribution in [0.15, 0.2) is 12.7 Å². The Labute approximate surface area is 90.4 Å². The first-order valence-electron chi connectivity index (χ1n) is 4.74. The molecule has 0 aliphatic heterocycles. The Morgan fingerprint density at radius 3 is 2.67 bits per heavy atom. The van der Waals surface area contributed by atoms with Crippen LogP contribution in [0.25, 0.3) is 0 Å². The van der Waals surface area contributed by atoms with Gasteiger partial charge in [0.25, 0.3) is 0 Å². The van der Waals surface area contributed by atoms with E-state index in [1.54, 1.807) is 0 Å². The number of unbranched alkanes of at least 4 members (excludes halogenated alkanes) is 1. The molecule has 0 fully saturated rings. The summed E-state index contributed by atoms with van der Waals surface area (Å²) in [6.45, 7) is 5.33. The minimum atomic E-state index is -4.17. The van der Waals surface area contributed by atoms with Gasteiger partial charge >= 0.3 is 16.4 Å². The fraction of sp³-hybridized carbons (Fsp3) is 0.667. The summed E-state index contributed by atoms with van der Waals surface area (Å²) in [5.41, 5.74) is 0. The van der Waals surface area contributed by atoms with Gasteiger partial charge in [-0.2, -0.15) is 8.42 Å². The summed E-state index contributed by atoms with van der Waals surface area (Å²) in [5.74, 6) is -0.827. The second-order valence-electron chi connectivity index (χ2n) is 2.87. The Hall–Kier alpha value is -0.880. The Kier molecular flexibility index (Phi) is 6.98. The highest BCUT2D eigenvalue weighted by Crippen LogP contribution is 2.02. The average molecular weight is 236 g/mol. The maximum Gasteiger partial charge on any atom is 0.451 e. The van der Waals surface area contributed by atoms with Crippen molar-refractivity contribution in [1.29, 1.82) is 0 Å². The molecule has 0 aliphatic rings. The normalized spacial score (nSPS) is 11.0. The number of carbonyl (C=O) groups is 1. The van der Waals surface area contributed by atoms with Crippen molar-refractivity contribution in [3.63, 3.8) is 0 Å². The Morgan fingerprint density at radius 1 is 1.47 bits per heavy atom. The molecule has 0 spiro atoms. The lowest BCUT2D eigenvalue weighted by Crippen LogP contribution is -2.16. The minimum Gasteiger partial charge on any atom is -0.325 e. The van der Waals surface area contributed by atoms with E-state index in [4.69, 9.17) is 0 Å². The molecule has 0 amide bonds. The molecule has 0 aliphatic carbocycles. The molecule has 0 aromatic carbocycles. The minimum absolute atomic E-state index is 0.0140. The van der Waals surface area contributed by atoms with Crippen molar-refractivity contribution in [3.05, 3.63) is 12.7 Å². The maximum absolute atomic E-state index is 11.0. The van der Waals surface area contributed by atoms with Crippen molar-refractivity contribution in [1.82, 2.24) is 0 Å². The van der Waals surface area contributed by atoms with Crippen molar-refractivity contribution < 1.29 is 21.6 Å². The molecular formula is C9H16O5S. The van der Waals surface area contributed by atoms with E-state index < -0.39 is 16.4 Å². The molecule has 0 saturated carbocycles. The molecule has 0 saturated heterocycles. The van der Waals surface area contributed by atoms with E-state index in [0.717, 1.165) is 6.42 Å². The Bertz CT molecular complexity index is 294. The smallest absolute Gasteiger partial charge is 0.325 e. The van der Waals surface area contributed by atoms with Crippen LogP contribution in [-0.4, -0.2) is 21.0 Å². The standard InChI is InChI=1S/C9H16O5S/c1-3-5-7-9(10)14-15(11,12)13-8-6-4-2/h3H,1,4-8H2,2H3. The van der Waals surface area contributed by atoms with Gasteiger partial charge in [-0.25, -0.2) is 4.18 Å². The lowest BCUT2D eigenvalue weighted by atomic mass is 10.3. The molecule has 0 heterocycles. The van der Waals surface area contributed by atoms with Crippen LogP contribution in [0, 0.1) is 0 Å². The van der Waals surface area contributed by atoms with Crippen LogP contribution >= 0.6 is 0 Å². The number of rotatable bonds is 8. The zero-order chi connectivity index (χ0) is 11.7. The summed E-state index contributed by atoms with van der Waals surface area (Å²) in [6, 6.07) is 0. The van der Waals surface area contributed by atoms with Crippen LogP contribution in [0.5, 0.6) is 0 Å². The van der Waals surface area contributed by atoms with Crippen LogP contribution in [0.3, 0.4) is 0 Å². The van der Waals surface area contributed by atoms with Gasteiger partial charge in [0.05, 0.1) is 13.0 Å². The van der Waals surface area contributed by atoms with Crippen molar-refractivity contribution in [2.75, 3.05) is 6.61 Å². The van der Waals surface area contributed by atoms with Gasteiger partial charge in [-0.15, -0.1) is 6.58 Å². The number of allylic oxidation sites excluding steroid dienone is 1. The van der Waals surface area contributed by atoms with Crippen LogP contribution in [0.1, 0.15) is 32.6 Å². The molecule has 0 bridgehead atoms. The lowest BCUT2D eigenvalue weighted by Gasteiger charge is -2.04. The van der Waals surface area contributed by atoms with Gasteiger partial charge in [-0.1, -0.05) is 19.4 Å². The maximum atomic E-state index is 11.0. The predicted molar refractivity (Wildman–Crippen MR) is 55.3 cm³/mol. The summed E-state index contributed by atoms with van der Waals surface area (Å²) in [4.78, 5) is 10.9. The van der Waals surface area contributed by atoms with Gasteiger partial charge in [0.15, 0.2) is 0 Å². The molecule has 88 valence electrons. The van der Waals surface area contributed by atoms with Gasteiger partial charge in [0.1, 0.15) is 0 Å². The molecule has 6 heteroatoms. The topological polar surface area (TPSA) is 69.7 Å². The zero-order valence-electron chi connectivity index (χ0n) is 8.77. The summed E-state index contributed by atoms with van der Waals surface area (Å²) < 4.78 is 30.5. The van der Waals surface area contributed by atoms with E-state index in [-0.39, 0.29) is 13.0 Å². The first kappa shape index (κ1) is 14.1. The van der Waals surface area contributed by atoms with Crippen LogP contribution in [0.4, 0.5) is 0 Å². The molecule has 0 radical (unpaired) electrons. The zero-order valence-corrected chi connectivity index (χ0v) is 9.59. The Morgan fingerprint density at radius 2 is 2.13 bits per heavy atom. The van der Waals surface area contributed by atoms with E-state index in [2.05, 4.69) is 14.9 Å².